The molecule has 12 aromatic rings. The van der Waals surface area contributed by atoms with Crippen molar-refractivity contribution in [3.05, 3.63) is 296 Å². The van der Waals surface area contributed by atoms with Gasteiger partial charge in [-0.05, 0) is 107 Å². The van der Waals surface area contributed by atoms with Gasteiger partial charge >= 0.3 is 0 Å². The van der Waals surface area contributed by atoms with Crippen molar-refractivity contribution in [2.45, 2.75) is 6.17 Å². The molecule has 11 aromatic carbocycles. The van der Waals surface area contributed by atoms with Crippen LogP contribution in [0.3, 0.4) is 0 Å². The molecule has 1 N–H and O–H groups in total. The van der Waals surface area contributed by atoms with Gasteiger partial charge in [-0.3, -0.25) is 4.99 Å². The third-order valence-electron chi connectivity index (χ3n) is 14.2. The number of allylic oxidation sites excluding steroid dienone is 1. The lowest BCUT2D eigenvalue weighted by Gasteiger charge is -2.25. The van der Waals surface area contributed by atoms with E-state index in [0.717, 1.165) is 72.9 Å². The van der Waals surface area contributed by atoms with Gasteiger partial charge in [0.05, 0.1) is 17.1 Å². The highest BCUT2D eigenvalue weighted by Crippen LogP contribution is 2.38. The van der Waals surface area contributed by atoms with E-state index in [-0.39, 0.29) is 6.17 Å². The molecular weight excluding hydrogens is 897 g/mol. The zero-order valence-corrected chi connectivity index (χ0v) is 40.5. The Labute approximate surface area is 431 Å². The first kappa shape index (κ1) is 44.2. The van der Waals surface area contributed by atoms with E-state index in [4.69, 9.17) is 15.0 Å². The van der Waals surface area contributed by atoms with Crippen LogP contribution < -0.4 is 5.32 Å². The molecule has 1 atom stereocenters. The number of rotatable bonds is 10. The van der Waals surface area contributed by atoms with Crippen LogP contribution >= 0.6 is 0 Å². The largest absolute Gasteiger partial charge is 0.360 e. The monoisotopic (exact) mass is 944 g/mol. The number of hydrogen-bond acceptors (Lipinski definition) is 4. The maximum atomic E-state index is 5.19. The minimum Gasteiger partial charge on any atom is -0.360 e. The minimum absolute atomic E-state index is 0.181. The minimum atomic E-state index is -0.181. The summed E-state index contributed by atoms with van der Waals surface area (Å²) in [5.41, 5.74) is 19.7. The fourth-order valence-electron chi connectivity index (χ4n) is 10.3. The van der Waals surface area contributed by atoms with Crippen molar-refractivity contribution in [1.29, 1.82) is 0 Å². The van der Waals surface area contributed by atoms with Crippen LogP contribution in [0.4, 0.5) is 0 Å². The first-order valence-electron chi connectivity index (χ1n) is 25.2. The summed E-state index contributed by atoms with van der Waals surface area (Å²) in [6, 6.07) is 96.9. The highest BCUT2D eigenvalue weighted by Gasteiger charge is 2.20. The smallest absolute Gasteiger partial charge is 0.160 e. The summed E-state index contributed by atoms with van der Waals surface area (Å²) in [4.78, 5) is 15.4. The predicted molar refractivity (Wildman–Crippen MR) is 308 cm³/mol. The summed E-state index contributed by atoms with van der Waals surface area (Å²) in [6.45, 7) is 0. The topological polar surface area (TPSA) is 50.2 Å². The number of nitrogens with one attached hydrogen (secondary N) is 1. The molecule has 1 aromatic heterocycles. The highest BCUT2D eigenvalue weighted by atomic mass is 15.1. The summed E-state index contributed by atoms with van der Waals surface area (Å²) >= 11 is 0. The van der Waals surface area contributed by atoms with E-state index in [1.807, 2.05) is 30.3 Å². The van der Waals surface area contributed by atoms with Crippen molar-refractivity contribution < 1.29 is 0 Å². The molecule has 74 heavy (non-hydrogen) atoms. The fourth-order valence-corrected chi connectivity index (χ4v) is 10.3. The number of benzene rings is 11. The standard InChI is InChI=1S/C70H48N4/c1-5-15-47(16-6-1)48-27-33-52(34-28-48)67-46-68(74-70(73-67)56-21-11-4-12-22-56)54-37-31-50(32-38-54)58-40-42-62-60(44-58)24-14-26-64(62)63-25-13-23-59-43-57(39-41-61(59)63)49-29-35-53(36-30-49)66-45-65(51-17-7-2-8-18-51)71-69(72-66)55-19-9-3-10-20-55/h1-46,69,71H. The first-order chi connectivity index (χ1) is 36.6. The summed E-state index contributed by atoms with van der Waals surface area (Å²) in [7, 11) is 0. The molecule has 13 rings (SSSR count). The van der Waals surface area contributed by atoms with Crippen molar-refractivity contribution in [1.82, 2.24) is 15.3 Å². The van der Waals surface area contributed by atoms with Gasteiger partial charge in [0.25, 0.3) is 0 Å². The maximum absolute atomic E-state index is 5.19. The number of aromatic nitrogens is 2. The zero-order valence-electron chi connectivity index (χ0n) is 40.5. The molecule has 4 nitrogen and oxygen atoms in total. The SMILES string of the molecule is C1=C(c2ccccc2)NC(c2ccccc2)N=C1c1ccc(-c2ccc3c(-c4cccc5cc(-c6ccc(-c7cc(-c8ccc(-c9ccccc9)cc8)nc(-c8ccccc8)n7)cc6)ccc45)cccc3c2)cc1. The van der Waals surface area contributed by atoms with E-state index in [0.29, 0.717) is 5.82 Å². The van der Waals surface area contributed by atoms with Crippen LogP contribution in [0.5, 0.6) is 0 Å². The van der Waals surface area contributed by atoms with Gasteiger partial charge in [-0.15, -0.1) is 0 Å². The number of aliphatic imine (C=N–C) groups is 1. The number of nitrogens with zero attached hydrogens (tertiary/aromatic N) is 3. The van der Waals surface area contributed by atoms with Crippen molar-refractivity contribution >= 4 is 33.0 Å². The van der Waals surface area contributed by atoms with Gasteiger partial charge in [-0.25, -0.2) is 9.97 Å². The van der Waals surface area contributed by atoms with Crippen LogP contribution in [0.2, 0.25) is 0 Å². The fraction of sp³-hybridized carbons (Fsp3) is 0.0143. The molecule has 0 radical (unpaired) electrons. The van der Waals surface area contributed by atoms with Crippen molar-refractivity contribution in [2.75, 3.05) is 0 Å². The van der Waals surface area contributed by atoms with Gasteiger partial charge < -0.3 is 5.32 Å². The highest BCUT2D eigenvalue weighted by molar-refractivity contribution is 6.13. The normalized spacial score (nSPS) is 13.3. The molecule has 1 unspecified atom stereocenters. The predicted octanol–water partition coefficient (Wildman–Crippen LogP) is 17.6. The van der Waals surface area contributed by atoms with Crippen LogP contribution in [0.15, 0.2) is 284 Å². The lowest BCUT2D eigenvalue weighted by Crippen LogP contribution is -2.24. The molecule has 0 bridgehead atoms. The average Bonchev–Trinajstić information content (AvgIpc) is 3.49. The molecule has 4 heteroatoms. The Morgan fingerprint density at radius 1 is 0.297 bits per heavy atom. The summed E-state index contributed by atoms with van der Waals surface area (Å²) < 4.78 is 0. The van der Waals surface area contributed by atoms with E-state index in [9.17, 15) is 0 Å². The van der Waals surface area contributed by atoms with E-state index < -0.39 is 0 Å². The molecule has 0 aliphatic carbocycles. The molecule has 0 saturated carbocycles. The Balaban J connectivity index is 0.770. The van der Waals surface area contributed by atoms with E-state index in [2.05, 4.69) is 254 Å². The Bertz CT molecular complexity index is 4040. The summed E-state index contributed by atoms with van der Waals surface area (Å²) in [6.07, 6.45) is 1.98. The molecular formula is C70H48N4. The Hall–Kier alpha value is -9.77. The second-order valence-electron chi connectivity index (χ2n) is 18.8. The van der Waals surface area contributed by atoms with Crippen LogP contribution in [0.1, 0.15) is 22.9 Å². The average molecular weight is 945 g/mol. The lowest BCUT2D eigenvalue weighted by molar-refractivity contribution is 0.664. The lowest BCUT2D eigenvalue weighted by atomic mass is 9.91. The summed E-state index contributed by atoms with van der Waals surface area (Å²) in [5.74, 6) is 0.703. The second-order valence-corrected chi connectivity index (χ2v) is 18.8. The van der Waals surface area contributed by atoms with Gasteiger partial charge in [0.15, 0.2) is 5.82 Å². The van der Waals surface area contributed by atoms with Gasteiger partial charge in [0.2, 0.25) is 0 Å². The zero-order chi connectivity index (χ0) is 49.2. The van der Waals surface area contributed by atoms with Crippen LogP contribution in [0, 0.1) is 0 Å². The van der Waals surface area contributed by atoms with Crippen molar-refractivity contribution in [2.24, 2.45) is 4.99 Å². The molecule has 0 saturated heterocycles. The maximum Gasteiger partial charge on any atom is 0.160 e. The van der Waals surface area contributed by atoms with Crippen LogP contribution in [-0.2, 0) is 0 Å². The van der Waals surface area contributed by atoms with Crippen LogP contribution in [-0.4, -0.2) is 15.7 Å². The molecule has 0 spiro atoms. The second kappa shape index (κ2) is 19.4. The van der Waals surface area contributed by atoms with Gasteiger partial charge in [0.1, 0.15) is 6.17 Å². The third kappa shape index (κ3) is 8.86. The molecule has 0 fully saturated rings. The molecule has 2 heterocycles. The van der Waals surface area contributed by atoms with Crippen molar-refractivity contribution in [3.63, 3.8) is 0 Å². The number of fused-ring (bicyclic) bond motifs is 2. The van der Waals surface area contributed by atoms with Gasteiger partial charge in [0, 0.05) is 22.4 Å². The number of hydrogen-bond donors (Lipinski definition) is 1. The van der Waals surface area contributed by atoms with Crippen molar-refractivity contribution in [3.8, 4) is 78.4 Å². The molecule has 348 valence electrons. The first-order valence-corrected chi connectivity index (χ1v) is 25.2. The Morgan fingerprint density at radius 2 is 0.703 bits per heavy atom. The Morgan fingerprint density at radius 3 is 1.22 bits per heavy atom. The van der Waals surface area contributed by atoms with Gasteiger partial charge in [-0.2, -0.15) is 0 Å². The van der Waals surface area contributed by atoms with Crippen LogP contribution in [0.25, 0.3) is 106 Å². The quantitative estimate of drug-likeness (QED) is 0.149. The Kier molecular flexibility index (Phi) is 11.6. The summed E-state index contributed by atoms with van der Waals surface area (Å²) in [5, 5.41) is 8.51. The molecule has 0 amide bonds. The third-order valence-corrected chi connectivity index (χ3v) is 14.2. The van der Waals surface area contributed by atoms with Gasteiger partial charge in [-0.1, -0.05) is 255 Å². The van der Waals surface area contributed by atoms with E-state index >= 15 is 0 Å². The molecule has 1 aliphatic rings. The molecule has 1 aliphatic heterocycles. The van der Waals surface area contributed by atoms with E-state index in [1.165, 1.54) is 49.4 Å². The van der Waals surface area contributed by atoms with E-state index in [1.54, 1.807) is 0 Å².